The lowest BCUT2D eigenvalue weighted by atomic mass is 9.46. The smallest absolute Gasteiger partial charge is 0.0654 e. The Labute approximate surface area is 197 Å². The Kier molecular flexibility index (Phi) is 11.3. The Hall–Kier alpha value is 0.0649. The van der Waals surface area contributed by atoms with Crippen molar-refractivity contribution in [2.45, 2.75) is 160 Å². The molecular formula is C30H57B. The molecule has 0 aromatic heterocycles. The molecule has 0 bridgehead atoms. The molecule has 0 aliphatic heterocycles. The van der Waals surface area contributed by atoms with Crippen LogP contribution in [-0.2, 0) is 0 Å². The van der Waals surface area contributed by atoms with E-state index in [0.717, 1.165) is 29.6 Å². The molecule has 0 nitrogen and oxygen atoms in total. The van der Waals surface area contributed by atoms with Crippen LogP contribution >= 0.6 is 0 Å². The molecule has 0 amide bonds. The lowest BCUT2D eigenvalue weighted by Crippen LogP contribution is -2.41. The lowest BCUT2D eigenvalue weighted by Gasteiger charge is -2.51. The molecule has 3 fully saturated rings. The summed E-state index contributed by atoms with van der Waals surface area (Å²) >= 11 is 0. The van der Waals surface area contributed by atoms with Crippen molar-refractivity contribution in [1.29, 1.82) is 0 Å². The van der Waals surface area contributed by atoms with E-state index in [1.165, 1.54) is 96.3 Å². The predicted octanol–water partition coefficient (Wildman–Crippen LogP) is 9.52. The van der Waals surface area contributed by atoms with Gasteiger partial charge in [0.15, 0.2) is 0 Å². The van der Waals surface area contributed by atoms with Gasteiger partial charge in [0.1, 0.15) is 7.85 Å². The number of fused-ring (bicyclic) bond motifs is 1. The standard InChI is InChI=1S/C30H57B/c1-3-5-17-25(18-6-4-2)28-22-16-20-26-19-12-8-9-13-21-27(26)29(28)30(31)23-14-10-7-11-15-24-30/h25-29H,3-24,31H2,1-2H3. The first kappa shape index (κ1) is 25.7. The van der Waals surface area contributed by atoms with Crippen LogP contribution in [0.2, 0.25) is 5.31 Å². The summed E-state index contributed by atoms with van der Waals surface area (Å²) in [4.78, 5) is 0. The molecule has 0 saturated heterocycles. The SMILES string of the molecule is BC1(C2C3CCCCCCC3CCCC2C(CCCC)CCCC)CCCCCCC1. The molecule has 180 valence electrons. The summed E-state index contributed by atoms with van der Waals surface area (Å²) in [6.07, 6.45) is 33.4. The van der Waals surface area contributed by atoms with Gasteiger partial charge < -0.3 is 0 Å². The maximum Gasteiger partial charge on any atom is 0.109 e. The van der Waals surface area contributed by atoms with Crippen molar-refractivity contribution in [1.82, 2.24) is 0 Å². The zero-order valence-corrected chi connectivity index (χ0v) is 21.9. The Balaban J connectivity index is 1.94. The first-order valence-corrected chi connectivity index (χ1v) is 15.2. The number of hydrogen-bond donors (Lipinski definition) is 0. The van der Waals surface area contributed by atoms with Crippen LogP contribution in [0.15, 0.2) is 0 Å². The molecule has 4 unspecified atom stereocenters. The number of unbranched alkanes of at least 4 members (excludes halogenated alkanes) is 2. The molecule has 3 saturated carbocycles. The second-order valence-corrected chi connectivity index (χ2v) is 12.5. The second-order valence-electron chi connectivity index (χ2n) is 12.5. The summed E-state index contributed by atoms with van der Waals surface area (Å²) in [5.41, 5.74) is 0. The summed E-state index contributed by atoms with van der Waals surface area (Å²) in [6, 6.07) is 0. The van der Waals surface area contributed by atoms with Gasteiger partial charge in [-0.3, -0.25) is 0 Å². The highest BCUT2D eigenvalue weighted by molar-refractivity contribution is 6.15. The van der Waals surface area contributed by atoms with E-state index in [1.807, 2.05) is 0 Å². The maximum atomic E-state index is 2.81. The highest BCUT2D eigenvalue weighted by Crippen LogP contribution is 2.59. The van der Waals surface area contributed by atoms with Crippen LogP contribution in [0.4, 0.5) is 0 Å². The van der Waals surface area contributed by atoms with Gasteiger partial charge in [-0.25, -0.2) is 0 Å². The average Bonchev–Trinajstić information content (AvgIpc) is 2.90. The minimum atomic E-state index is 0.633. The van der Waals surface area contributed by atoms with Crippen LogP contribution in [0.25, 0.3) is 0 Å². The van der Waals surface area contributed by atoms with Crippen LogP contribution in [0.3, 0.4) is 0 Å². The molecule has 3 rings (SSSR count). The van der Waals surface area contributed by atoms with Crippen LogP contribution in [0.1, 0.15) is 155 Å². The fourth-order valence-electron chi connectivity index (χ4n) is 8.65. The Morgan fingerprint density at radius 2 is 1.23 bits per heavy atom. The van der Waals surface area contributed by atoms with Gasteiger partial charge in [-0.15, -0.1) is 0 Å². The van der Waals surface area contributed by atoms with E-state index in [0.29, 0.717) is 5.31 Å². The third kappa shape index (κ3) is 7.27. The van der Waals surface area contributed by atoms with Crippen LogP contribution < -0.4 is 0 Å². The van der Waals surface area contributed by atoms with Crippen LogP contribution in [0.5, 0.6) is 0 Å². The van der Waals surface area contributed by atoms with E-state index >= 15 is 0 Å². The Bertz CT molecular complexity index is 455. The van der Waals surface area contributed by atoms with Crippen LogP contribution in [-0.4, -0.2) is 7.85 Å². The minimum absolute atomic E-state index is 0.633. The molecule has 0 spiro atoms. The number of rotatable bonds is 8. The highest BCUT2D eigenvalue weighted by Gasteiger charge is 2.48. The summed E-state index contributed by atoms with van der Waals surface area (Å²) < 4.78 is 0. The molecule has 0 heterocycles. The van der Waals surface area contributed by atoms with E-state index in [2.05, 4.69) is 21.7 Å². The Morgan fingerprint density at radius 3 is 1.87 bits per heavy atom. The first-order valence-electron chi connectivity index (χ1n) is 15.2. The summed E-state index contributed by atoms with van der Waals surface area (Å²) in [5, 5.41) is 0.633. The summed E-state index contributed by atoms with van der Waals surface area (Å²) in [7, 11) is 2.81. The van der Waals surface area contributed by atoms with Crippen molar-refractivity contribution >= 4 is 7.85 Å². The van der Waals surface area contributed by atoms with E-state index in [4.69, 9.17) is 0 Å². The van der Waals surface area contributed by atoms with E-state index < -0.39 is 0 Å². The molecule has 0 aromatic carbocycles. The molecule has 0 aromatic rings. The predicted molar refractivity (Wildman–Crippen MR) is 142 cm³/mol. The van der Waals surface area contributed by atoms with Gasteiger partial charge in [-0.05, 0) is 42.4 Å². The molecule has 31 heavy (non-hydrogen) atoms. The molecule has 3 aliphatic rings. The van der Waals surface area contributed by atoms with Crippen molar-refractivity contribution in [3.63, 3.8) is 0 Å². The van der Waals surface area contributed by atoms with Crippen molar-refractivity contribution in [2.24, 2.45) is 29.6 Å². The topological polar surface area (TPSA) is 0 Å². The van der Waals surface area contributed by atoms with Crippen molar-refractivity contribution in [3.05, 3.63) is 0 Å². The Morgan fingerprint density at radius 1 is 0.677 bits per heavy atom. The normalized spacial score (nSPS) is 32.9. The third-order valence-electron chi connectivity index (χ3n) is 10.3. The first-order chi connectivity index (χ1) is 15.2. The quantitative estimate of drug-likeness (QED) is 0.338. The zero-order chi connectivity index (χ0) is 21.9. The van der Waals surface area contributed by atoms with E-state index in [1.54, 1.807) is 44.9 Å². The number of hydrogen-bond acceptors (Lipinski definition) is 0. The lowest BCUT2D eigenvalue weighted by molar-refractivity contribution is 0.0524. The largest absolute Gasteiger partial charge is 0.109 e. The highest BCUT2D eigenvalue weighted by atomic mass is 14.5. The van der Waals surface area contributed by atoms with Gasteiger partial charge in [-0.2, -0.15) is 0 Å². The fraction of sp³-hybridized carbons (Fsp3) is 1.00. The minimum Gasteiger partial charge on any atom is -0.0654 e. The van der Waals surface area contributed by atoms with Crippen molar-refractivity contribution in [3.8, 4) is 0 Å². The van der Waals surface area contributed by atoms with Crippen LogP contribution in [0, 0.1) is 29.6 Å². The third-order valence-corrected chi connectivity index (χ3v) is 10.3. The van der Waals surface area contributed by atoms with E-state index in [9.17, 15) is 0 Å². The van der Waals surface area contributed by atoms with Gasteiger partial charge >= 0.3 is 0 Å². The second kappa shape index (κ2) is 13.7. The molecule has 4 atom stereocenters. The van der Waals surface area contributed by atoms with E-state index in [-0.39, 0.29) is 0 Å². The zero-order valence-electron chi connectivity index (χ0n) is 21.9. The monoisotopic (exact) mass is 428 g/mol. The maximum absolute atomic E-state index is 2.81. The molecule has 3 aliphatic carbocycles. The van der Waals surface area contributed by atoms with Gasteiger partial charge in [-0.1, -0.05) is 148 Å². The summed E-state index contributed by atoms with van der Waals surface area (Å²) in [6.45, 7) is 4.84. The molecule has 0 N–H and O–H groups in total. The molecule has 0 radical (unpaired) electrons. The van der Waals surface area contributed by atoms with Gasteiger partial charge in [0, 0.05) is 0 Å². The van der Waals surface area contributed by atoms with Gasteiger partial charge in [0.2, 0.25) is 0 Å². The molecular weight excluding hydrogens is 371 g/mol. The summed E-state index contributed by atoms with van der Waals surface area (Å²) in [5.74, 6) is 5.22. The van der Waals surface area contributed by atoms with Crippen molar-refractivity contribution in [2.75, 3.05) is 0 Å². The van der Waals surface area contributed by atoms with Gasteiger partial charge in [0.05, 0.1) is 0 Å². The van der Waals surface area contributed by atoms with Gasteiger partial charge in [0.25, 0.3) is 0 Å². The fourth-order valence-corrected chi connectivity index (χ4v) is 8.65. The van der Waals surface area contributed by atoms with Crippen molar-refractivity contribution < 1.29 is 0 Å². The average molecular weight is 429 g/mol. The molecule has 1 heteroatoms.